The fourth-order valence-electron chi connectivity index (χ4n) is 1.02. The summed E-state index contributed by atoms with van der Waals surface area (Å²) in [7, 11) is 0. The Bertz CT molecular complexity index is 241. The quantitative estimate of drug-likeness (QED) is 0.692. The van der Waals surface area contributed by atoms with E-state index in [0.29, 0.717) is 0 Å². The second-order valence-corrected chi connectivity index (χ2v) is 2.67. The molecule has 0 radical (unpaired) electrons. The number of hydrogen-bond acceptors (Lipinski definition) is 3. The summed E-state index contributed by atoms with van der Waals surface area (Å²) < 4.78 is 1.85. The average Bonchev–Trinajstić information content (AvgIpc) is 2.43. The van der Waals surface area contributed by atoms with Crippen molar-refractivity contribution in [2.24, 2.45) is 0 Å². The highest BCUT2D eigenvalue weighted by Gasteiger charge is 2.02. The molecule has 0 bridgehead atoms. The third kappa shape index (κ3) is 1.98. The normalized spacial score (nSPS) is 10.5. The topological polar surface area (TPSA) is 55.9 Å². The van der Waals surface area contributed by atoms with Crippen molar-refractivity contribution in [3.05, 3.63) is 11.9 Å². The lowest BCUT2D eigenvalue weighted by atomic mass is 10.4. The number of aryl methyl sites for hydroxylation is 1. The van der Waals surface area contributed by atoms with E-state index in [4.69, 9.17) is 5.73 Å². The summed E-state index contributed by atoms with van der Waals surface area (Å²) in [6, 6.07) is 0. The van der Waals surface area contributed by atoms with Gasteiger partial charge in [0.1, 0.15) is 0 Å². The minimum atomic E-state index is 0.759. The number of aromatic nitrogens is 2. The number of anilines is 1. The van der Waals surface area contributed by atoms with Crippen molar-refractivity contribution in [2.45, 2.75) is 26.9 Å². The van der Waals surface area contributed by atoms with Crippen LogP contribution in [-0.2, 0) is 13.1 Å². The zero-order chi connectivity index (χ0) is 8.97. The van der Waals surface area contributed by atoms with E-state index in [9.17, 15) is 0 Å². The Morgan fingerprint density at radius 2 is 2.33 bits per heavy atom. The van der Waals surface area contributed by atoms with E-state index in [-0.39, 0.29) is 0 Å². The van der Waals surface area contributed by atoms with E-state index < -0.39 is 0 Å². The molecular formula is C8H16N4. The molecule has 3 N–H and O–H groups in total. The summed E-state index contributed by atoms with van der Waals surface area (Å²) in [5, 5.41) is 7.48. The molecule has 1 rings (SSSR count). The van der Waals surface area contributed by atoms with E-state index >= 15 is 0 Å². The lowest BCUT2D eigenvalue weighted by Crippen LogP contribution is -2.13. The van der Waals surface area contributed by atoms with E-state index in [0.717, 1.165) is 31.0 Å². The Labute approximate surface area is 72.8 Å². The highest BCUT2D eigenvalue weighted by molar-refractivity contribution is 5.40. The SMILES string of the molecule is CCNCc1nn(CC)cc1N. The monoisotopic (exact) mass is 168 g/mol. The predicted octanol–water partition coefficient (Wildman–Crippen LogP) is 0.595. The molecule has 4 heteroatoms. The summed E-state index contributed by atoms with van der Waals surface area (Å²) in [5.41, 5.74) is 7.45. The zero-order valence-corrected chi connectivity index (χ0v) is 7.67. The van der Waals surface area contributed by atoms with Crippen molar-refractivity contribution in [3.63, 3.8) is 0 Å². The van der Waals surface area contributed by atoms with Crippen LogP contribution in [0.5, 0.6) is 0 Å². The Hall–Kier alpha value is -1.03. The molecule has 12 heavy (non-hydrogen) atoms. The lowest BCUT2D eigenvalue weighted by molar-refractivity contribution is 0.627. The van der Waals surface area contributed by atoms with E-state index in [1.807, 2.05) is 17.8 Å². The molecule has 0 fully saturated rings. The van der Waals surface area contributed by atoms with Crippen LogP contribution >= 0.6 is 0 Å². The van der Waals surface area contributed by atoms with Crippen LogP contribution in [0.3, 0.4) is 0 Å². The van der Waals surface area contributed by atoms with Gasteiger partial charge in [0.25, 0.3) is 0 Å². The van der Waals surface area contributed by atoms with Crippen molar-refractivity contribution in [1.82, 2.24) is 15.1 Å². The van der Waals surface area contributed by atoms with E-state index in [2.05, 4.69) is 17.3 Å². The molecule has 4 nitrogen and oxygen atoms in total. The first-order valence-electron chi connectivity index (χ1n) is 4.30. The highest BCUT2D eigenvalue weighted by atomic mass is 15.3. The van der Waals surface area contributed by atoms with Crippen LogP contribution < -0.4 is 11.1 Å². The highest BCUT2D eigenvalue weighted by Crippen LogP contribution is 2.07. The maximum absolute atomic E-state index is 5.73. The molecule has 0 aliphatic rings. The first-order valence-corrected chi connectivity index (χ1v) is 4.30. The molecule has 0 aliphatic heterocycles. The molecule has 1 aromatic rings. The van der Waals surface area contributed by atoms with Gasteiger partial charge in [-0.25, -0.2) is 0 Å². The zero-order valence-electron chi connectivity index (χ0n) is 7.67. The second-order valence-electron chi connectivity index (χ2n) is 2.67. The number of nitrogens with one attached hydrogen (secondary N) is 1. The summed E-state index contributed by atoms with van der Waals surface area (Å²) >= 11 is 0. The van der Waals surface area contributed by atoms with E-state index in [1.54, 1.807) is 0 Å². The number of nitrogens with zero attached hydrogens (tertiary/aromatic N) is 2. The molecule has 0 aliphatic carbocycles. The van der Waals surface area contributed by atoms with Crippen LogP contribution in [0.4, 0.5) is 5.69 Å². The van der Waals surface area contributed by atoms with Crippen molar-refractivity contribution in [2.75, 3.05) is 12.3 Å². The smallest absolute Gasteiger partial charge is 0.0991 e. The van der Waals surface area contributed by atoms with Crippen LogP contribution in [0.25, 0.3) is 0 Å². The van der Waals surface area contributed by atoms with Crippen molar-refractivity contribution < 1.29 is 0 Å². The van der Waals surface area contributed by atoms with Crippen LogP contribution in [0.15, 0.2) is 6.20 Å². The largest absolute Gasteiger partial charge is 0.396 e. The standard InChI is InChI=1S/C8H16N4/c1-3-10-5-8-7(9)6-12(4-2)11-8/h6,10H,3-5,9H2,1-2H3. The van der Waals surface area contributed by atoms with Crippen molar-refractivity contribution in [3.8, 4) is 0 Å². The van der Waals surface area contributed by atoms with Gasteiger partial charge in [0, 0.05) is 19.3 Å². The first kappa shape index (κ1) is 9.06. The fraction of sp³-hybridized carbons (Fsp3) is 0.625. The van der Waals surface area contributed by atoms with Crippen molar-refractivity contribution in [1.29, 1.82) is 0 Å². The summed E-state index contributed by atoms with van der Waals surface area (Å²) in [4.78, 5) is 0. The minimum Gasteiger partial charge on any atom is -0.396 e. The molecule has 0 spiro atoms. The molecule has 0 amide bonds. The van der Waals surface area contributed by atoms with Gasteiger partial charge < -0.3 is 11.1 Å². The number of nitrogen functional groups attached to an aromatic ring is 1. The molecule has 0 saturated heterocycles. The van der Waals surface area contributed by atoms with Gasteiger partial charge in [-0.1, -0.05) is 6.92 Å². The summed E-state index contributed by atoms with van der Waals surface area (Å²) in [5.74, 6) is 0. The lowest BCUT2D eigenvalue weighted by Gasteiger charge is -1.97. The van der Waals surface area contributed by atoms with Crippen LogP contribution in [0, 0.1) is 0 Å². The minimum absolute atomic E-state index is 0.759. The predicted molar refractivity (Wildman–Crippen MR) is 49.7 cm³/mol. The van der Waals surface area contributed by atoms with Crippen LogP contribution in [-0.4, -0.2) is 16.3 Å². The van der Waals surface area contributed by atoms with Crippen molar-refractivity contribution >= 4 is 5.69 Å². The van der Waals surface area contributed by atoms with Gasteiger partial charge in [0.2, 0.25) is 0 Å². The Balaban J connectivity index is 2.64. The molecule has 0 unspecified atom stereocenters. The Morgan fingerprint density at radius 3 is 2.83 bits per heavy atom. The van der Waals surface area contributed by atoms with Gasteiger partial charge in [-0.3, -0.25) is 4.68 Å². The second kappa shape index (κ2) is 4.11. The number of hydrogen-bond donors (Lipinski definition) is 2. The Kier molecular flexibility index (Phi) is 3.10. The van der Waals surface area contributed by atoms with Gasteiger partial charge in [-0.15, -0.1) is 0 Å². The van der Waals surface area contributed by atoms with Crippen LogP contribution in [0.1, 0.15) is 19.5 Å². The first-order chi connectivity index (χ1) is 5.77. The van der Waals surface area contributed by atoms with E-state index in [1.165, 1.54) is 0 Å². The molecule has 0 saturated carbocycles. The average molecular weight is 168 g/mol. The van der Waals surface area contributed by atoms with Gasteiger partial charge in [-0.05, 0) is 13.5 Å². The molecule has 1 heterocycles. The fourth-order valence-corrected chi connectivity index (χ4v) is 1.02. The van der Waals surface area contributed by atoms with Gasteiger partial charge in [0.05, 0.1) is 11.4 Å². The maximum Gasteiger partial charge on any atom is 0.0991 e. The molecule has 0 aromatic carbocycles. The molecule has 68 valence electrons. The molecule has 1 aromatic heterocycles. The van der Waals surface area contributed by atoms with Gasteiger partial charge in [0.15, 0.2) is 0 Å². The maximum atomic E-state index is 5.73. The number of rotatable bonds is 4. The molecular weight excluding hydrogens is 152 g/mol. The third-order valence-corrected chi connectivity index (χ3v) is 1.74. The van der Waals surface area contributed by atoms with Gasteiger partial charge >= 0.3 is 0 Å². The van der Waals surface area contributed by atoms with Gasteiger partial charge in [-0.2, -0.15) is 5.10 Å². The van der Waals surface area contributed by atoms with Crippen LogP contribution in [0.2, 0.25) is 0 Å². The third-order valence-electron chi connectivity index (χ3n) is 1.74. The molecule has 0 atom stereocenters. The number of nitrogens with two attached hydrogens (primary N) is 1. The summed E-state index contributed by atoms with van der Waals surface area (Å²) in [6.07, 6.45) is 1.87. The Morgan fingerprint density at radius 1 is 1.58 bits per heavy atom. The summed E-state index contributed by atoms with van der Waals surface area (Å²) in [6.45, 7) is 6.68.